The van der Waals surface area contributed by atoms with Gasteiger partial charge in [0.1, 0.15) is 4.90 Å². The molecular formula is C19H19Cl3N2O3S. The van der Waals surface area contributed by atoms with E-state index in [-0.39, 0.29) is 27.4 Å². The number of nitrogens with one attached hydrogen (secondary N) is 1. The lowest BCUT2D eigenvalue weighted by molar-refractivity contribution is -0.120. The van der Waals surface area contributed by atoms with Crippen molar-refractivity contribution in [2.75, 3.05) is 18.4 Å². The molecule has 1 aliphatic heterocycles. The van der Waals surface area contributed by atoms with Gasteiger partial charge in [-0.05, 0) is 55.7 Å². The topological polar surface area (TPSA) is 66.5 Å². The zero-order valence-electron chi connectivity index (χ0n) is 15.1. The lowest BCUT2D eigenvalue weighted by Gasteiger charge is -2.31. The highest BCUT2D eigenvalue weighted by atomic mass is 35.5. The van der Waals surface area contributed by atoms with E-state index in [1.165, 1.54) is 22.5 Å². The van der Waals surface area contributed by atoms with Crippen LogP contribution in [0.2, 0.25) is 15.1 Å². The SMILES string of the molecule is Cc1c(Cl)cccc1NC(=O)[C@@H]1CCCN(S(=O)(=O)c2cc(Cl)ccc2Cl)C1. The van der Waals surface area contributed by atoms with Crippen LogP contribution in [0.5, 0.6) is 0 Å². The van der Waals surface area contributed by atoms with Gasteiger partial charge in [0.15, 0.2) is 0 Å². The van der Waals surface area contributed by atoms with Gasteiger partial charge >= 0.3 is 0 Å². The van der Waals surface area contributed by atoms with Crippen molar-refractivity contribution >= 4 is 56.4 Å². The Morgan fingerprint density at radius 1 is 1.14 bits per heavy atom. The number of amides is 1. The zero-order valence-corrected chi connectivity index (χ0v) is 18.2. The molecule has 1 atom stereocenters. The van der Waals surface area contributed by atoms with Crippen LogP contribution in [0.15, 0.2) is 41.3 Å². The molecule has 0 aliphatic carbocycles. The summed E-state index contributed by atoms with van der Waals surface area (Å²) >= 11 is 18.1. The average molecular weight is 462 g/mol. The molecule has 9 heteroatoms. The first-order chi connectivity index (χ1) is 13.2. The summed E-state index contributed by atoms with van der Waals surface area (Å²) in [4.78, 5) is 12.7. The van der Waals surface area contributed by atoms with Crippen LogP contribution in [-0.2, 0) is 14.8 Å². The van der Waals surface area contributed by atoms with E-state index in [0.29, 0.717) is 30.1 Å². The second-order valence-corrected chi connectivity index (χ2v) is 9.84. The molecular weight excluding hydrogens is 443 g/mol. The number of piperidine rings is 1. The van der Waals surface area contributed by atoms with Crippen LogP contribution >= 0.6 is 34.8 Å². The van der Waals surface area contributed by atoms with Crippen LogP contribution in [-0.4, -0.2) is 31.7 Å². The van der Waals surface area contributed by atoms with Crippen LogP contribution in [0.1, 0.15) is 18.4 Å². The predicted octanol–water partition coefficient (Wildman–Crippen LogP) is 4.99. The largest absolute Gasteiger partial charge is 0.326 e. The van der Waals surface area contributed by atoms with E-state index in [1.807, 2.05) is 6.92 Å². The molecule has 0 saturated carbocycles. The van der Waals surface area contributed by atoms with Crippen molar-refractivity contribution in [3.63, 3.8) is 0 Å². The Hall–Kier alpha value is -1.31. The second-order valence-electron chi connectivity index (χ2n) is 6.68. The highest BCUT2D eigenvalue weighted by Gasteiger charge is 2.34. The first-order valence-electron chi connectivity index (χ1n) is 8.71. The Kier molecular flexibility index (Phi) is 6.57. The summed E-state index contributed by atoms with van der Waals surface area (Å²) in [5.41, 5.74) is 1.39. The number of nitrogens with zero attached hydrogens (tertiary/aromatic N) is 1. The minimum Gasteiger partial charge on any atom is -0.326 e. The Morgan fingerprint density at radius 3 is 2.64 bits per heavy atom. The lowest BCUT2D eigenvalue weighted by Crippen LogP contribution is -2.43. The molecule has 28 heavy (non-hydrogen) atoms. The number of carbonyl (C=O) groups excluding carboxylic acids is 1. The van der Waals surface area contributed by atoms with Crippen molar-refractivity contribution < 1.29 is 13.2 Å². The van der Waals surface area contributed by atoms with Gasteiger partial charge in [0.05, 0.1) is 10.9 Å². The Bertz CT molecular complexity index is 1010. The summed E-state index contributed by atoms with van der Waals surface area (Å²) in [6.07, 6.45) is 1.17. The van der Waals surface area contributed by atoms with Crippen molar-refractivity contribution in [1.82, 2.24) is 4.31 Å². The minimum atomic E-state index is -3.85. The monoisotopic (exact) mass is 460 g/mol. The highest BCUT2D eigenvalue weighted by Crippen LogP contribution is 2.31. The fourth-order valence-corrected chi connectivity index (χ4v) is 5.60. The smallest absolute Gasteiger partial charge is 0.244 e. The average Bonchev–Trinajstić information content (AvgIpc) is 2.67. The molecule has 150 valence electrons. The number of carbonyl (C=O) groups is 1. The van der Waals surface area contributed by atoms with Gasteiger partial charge in [-0.1, -0.05) is 40.9 Å². The molecule has 0 aromatic heterocycles. The van der Waals surface area contributed by atoms with E-state index in [0.717, 1.165) is 5.56 Å². The molecule has 0 unspecified atom stereocenters. The van der Waals surface area contributed by atoms with E-state index in [9.17, 15) is 13.2 Å². The summed E-state index contributed by atoms with van der Waals surface area (Å²) in [7, 11) is -3.85. The molecule has 2 aromatic carbocycles. The molecule has 1 amide bonds. The number of anilines is 1. The molecule has 3 rings (SSSR count). The van der Waals surface area contributed by atoms with Gasteiger partial charge < -0.3 is 5.32 Å². The number of halogens is 3. The number of hydrogen-bond donors (Lipinski definition) is 1. The lowest BCUT2D eigenvalue weighted by atomic mass is 9.98. The summed E-state index contributed by atoms with van der Waals surface area (Å²) in [6, 6.07) is 9.58. The van der Waals surface area contributed by atoms with E-state index in [4.69, 9.17) is 34.8 Å². The maximum Gasteiger partial charge on any atom is 0.244 e. The quantitative estimate of drug-likeness (QED) is 0.697. The molecule has 1 heterocycles. The summed E-state index contributed by atoms with van der Waals surface area (Å²) < 4.78 is 27.3. The molecule has 1 N–H and O–H groups in total. The van der Waals surface area contributed by atoms with Crippen LogP contribution in [0.25, 0.3) is 0 Å². The minimum absolute atomic E-state index is 0.0478. The standard InChI is InChI=1S/C19H19Cl3N2O3S/c1-12-15(21)5-2-6-17(12)23-19(25)13-4-3-9-24(11-13)28(26,27)18-10-14(20)7-8-16(18)22/h2,5-8,10,13H,3-4,9,11H2,1H3,(H,23,25)/t13-/m1/s1. The van der Waals surface area contributed by atoms with Gasteiger partial charge in [0.2, 0.25) is 15.9 Å². The van der Waals surface area contributed by atoms with Crippen molar-refractivity contribution in [1.29, 1.82) is 0 Å². The van der Waals surface area contributed by atoms with E-state index >= 15 is 0 Å². The van der Waals surface area contributed by atoms with Gasteiger partial charge in [-0.25, -0.2) is 8.42 Å². The van der Waals surface area contributed by atoms with Crippen LogP contribution in [0.3, 0.4) is 0 Å². The highest BCUT2D eigenvalue weighted by molar-refractivity contribution is 7.89. The first kappa shape index (κ1) is 21.4. The van der Waals surface area contributed by atoms with Gasteiger partial charge in [0, 0.05) is 28.8 Å². The number of rotatable bonds is 4. The van der Waals surface area contributed by atoms with Crippen molar-refractivity contribution in [2.45, 2.75) is 24.7 Å². The van der Waals surface area contributed by atoms with Crippen molar-refractivity contribution in [3.05, 3.63) is 57.0 Å². The van der Waals surface area contributed by atoms with Crippen LogP contribution in [0, 0.1) is 12.8 Å². The van der Waals surface area contributed by atoms with E-state index in [1.54, 1.807) is 18.2 Å². The van der Waals surface area contributed by atoms with Gasteiger partial charge in [-0.2, -0.15) is 4.31 Å². The molecule has 2 aromatic rings. The summed E-state index contributed by atoms with van der Waals surface area (Å²) in [5.74, 6) is -0.706. The maximum atomic E-state index is 13.0. The zero-order chi connectivity index (χ0) is 20.5. The number of benzene rings is 2. The molecule has 5 nitrogen and oxygen atoms in total. The third kappa shape index (κ3) is 4.47. The van der Waals surface area contributed by atoms with Crippen LogP contribution < -0.4 is 5.32 Å². The third-order valence-corrected chi connectivity index (χ3v) is 7.78. The van der Waals surface area contributed by atoms with Crippen molar-refractivity contribution in [2.24, 2.45) is 5.92 Å². The maximum absolute atomic E-state index is 13.0. The molecule has 0 bridgehead atoms. The Balaban J connectivity index is 1.79. The third-order valence-electron chi connectivity index (χ3n) is 4.79. The number of sulfonamides is 1. The Morgan fingerprint density at radius 2 is 1.89 bits per heavy atom. The molecule has 1 saturated heterocycles. The molecule has 1 aliphatic rings. The molecule has 0 spiro atoms. The first-order valence-corrected chi connectivity index (χ1v) is 11.3. The fraction of sp³-hybridized carbons (Fsp3) is 0.316. The molecule has 1 fully saturated rings. The van der Waals surface area contributed by atoms with Gasteiger partial charge in [-0.15, -0.1) is 0 Å². The summed E-state index contributed by atoms with van der Waals surface area (Å²) in [5, 5.41) is 3.80. The second kappa shape index (κ2) is 8.59. The van der Waals surface area contributed by atoms with E-state index < -0.39 is 15.9 Å². The van der Waals surface area contributed by atoms with Crippen LogP contribution in [0.4, 0.5) is 5.69 Å². The normalized spacial score (nSPS) is 18.1. The van der Waals surface area contributed by atoms with E-state index in [2.05, 4.69) is 5.32 Å². The van der Waals surface area contributed by atoms with Crippen molar-refractivity contribution in [3.8, 4) is 0 Å². The Labute approximate surface area is 179 Å². The van der Waals surface area contributed by atoms with Gasteiger partial charge in [0.25, 0.3) is 0 Å². The predicted molar refractivity (Wildman–Crippen MR) is 113 cm³/mol. The number of hydrogen-bond acceptors (Lipinski definition) is 3. The molecule has 0 radical (unpaired) electrons. The summed E-state index contributed by atoms with van der Waals surface area (Å²) in [6.45, 7) is 2.22. The fourth-order valence-electron chi connectivity index (χ4n) is 3.17. The van der Waals surface area contributed by atoms with Gasteiger partial charge in [-0.3, -0.25) is 4.79 Å².